The Kier molecular flexibility index (Phi) is 3.83. The largest absolute Gasteiger partial charge is 0.397 e. The van der Waals surface area contributed by atoms with Gasteiger partial charge in [-0.15, -0.1) is 0 Å². The maximum atomic E-state index is 11.3. The van der Waals surface area contributed by atoms with Gasteiger partial charge in [0.05, 0.1) is 6.61 Å². The zero-order valence-electron chi connectivity index (χ0n) is 12.3. The van der Waals surface area contributed by atoms with Crippen LogP contribution in [0.2, 0.25) is 0 Å². The molecule has 1 saturated heterocycles. The number of amides is 1. The molecule has 0 aromatic rings. The van der Waals surface area contributed by atoms with Crippen molar-refractivity contribution in [3.63, 3.8) is 0 Å². The van der Waals surface area contributed by atoms with Crippen LogP contribution >= 0.6 is 0 Å². The van der Waals surface area contributed by atoms with Crippen molar-refractivity contribution in [3.05, 3.63) is 0 Å². The molecule has 0 saturated carbocycles. The molecule has 0 bridgehead atoms. The van der Waals surface area contributed by atoms with Crippen LogP contribution in [0.5, 0.6) is 0 Å². The number of aliphatic hydroxyl groups is 3. The van der Waals surface area contributed by atoms with E-state index in [1.54, 1.807) is 5.32 Å². The lowest BCUT2D eigenvalue weighted by atomic mass is 9.97. The summed E-state index contributed by atoms with van der Waals surface area (Å²) in [6.45, 7) is -3.97. The molecule has 0 aliphatic carbocycles. The highest BCUT2D eigenvalue weighted by Crippen LogP contribution is 2.20. The van der Waals surface area contributed by atoms with Crippen molar-refractivity contribution in [1.82, 2.24) is 5.32 Å². The molecule has 1 heterocycles. The number of rotatable bonds is 4. The molecule has 5 atom stereocenters. The van der Waals surface area contributed by atoms with Crippen molar-refractivity contribution in [2.24, 2.45) is 0 Å². The lowest BCUT2D eigenvalue weighted by Crippen LogP contribution is -2.64. The summed E-state index contributed by atoms with van der Waals surface area (Å²) in [5, 5.41) is 30.9. The van der Waals surface area contributed by atoms with E-state index < -0.39 is 60.4 Å². The lowest BCUT2D eigenvalue weighted by Gasteiger charge is -2.40. The average molecular weight is 304 g/mol. The van der Waals surface area contributed by atoms with Gasteiger partial charge >= 0.3 is 10.4 Å². The van der Waals surface area contributed by atoms with Crippen molar-refractivity contribution >= 4 is 16.3 Å². The fourth-order valence-corrected chi connectivity index (χ4v) is 1.85. The Morgan fingerprint density at radius 2 is 2.05 bits per heavy atom. The summed E-state index contributed by atoms with van der Waals surface area (Å²) < 4.78 is 58.5. The van der Waals surface area contributed by atoms with Gasteiger partial charge in [-0.2, -0.15) is 8.42 Å². The van der Waals surface area contributed by atoms with Crippen molar-refractivity contribution in [2.75, 3.05) is 6.61 Å². The molecular formula is C8H15NO9S. The summed E-state index contributed by atoms with van der Waals surface area (Å²) in [5.74, 6) is -1.49. The van der Waals surface area contributed by atoms with Gasteiger partial charge in [0.1, 0.15) is 24.4 Å². The van der Waals surface area contributed by atoms with Gasteiger partial charge in [-0.25, -0.2) is 4.18 Å². The molecule has 0 aromatic heterocycles. The van der Waals surface area contributed by atoms with E-state index >= 15 is 0 Å². The zero-order valence-corrected chi connectivity index (χ0v) is 10.1. The minimum absolute atomic E-state index is 0.923. The van der Waals surface area contributed by atoms with E-state index in [-0.39, 0.29) is 0 Å². The number of hydrogen-bond donors (Lipinski definition) is 5. The molecule has 10 nitrogen and oxygen atoms in total. The molecule has 1 aliphatic heterocycles. The maximum Gasteiger partial charge on any atom is 0.397 e. The minimum atomic E-state index is -4.83. The summed E-state index contributed by atoms with van der Waals surface area (Å²) in [6.07, 6.45) is -7.19. The first-order chi connectivity index (χ1) is 9.83. The molecule has 0 aromatic carbocycles. The summed E-state index contributed by atoms with van der Waals surface area (Å²) in [4.78, 5) is 11.3. The second kappa shape index (κ2) is 6.09. The highest BCUT2D eigenvalue weighted by atomic mass is 32.3. The first-order valence-corrected chi connectivity index (χ1v) is 6.32. The first kappa shape index (κ1) is 12.0. The molecule has 11 heteroatoms. The smallest absolute Gasteiger partial charge is 0.388 e. The normalized spacial score (nSPS) is 38.9. The predicted octanol–water partition coefficient (Wildman–Crippen LogP) is -3.25. The van der Waals surface area contributed by atoms with E-state index in [2.05, 4.69) is 4.18 Å². The maximum absolute atomic E-state index is 11.3. The number of ether oxygens (including phenoxy) is 1. The quantitative estimate of drug-likeness (QED) is 0.336. The Hall–Kier alpha value is -0.820. The molecule has 1 unspecified atom stereocenters. The van der Waals surface area contributed by atoms with Crippen LogP contribution in [0.3, 0.4) is 0 Å². The van der Waals surface area contributed by atoms with E-state index in [0.717, 1.165) is 0 Å². The third-order valence-electron chi connectivity index (χ3n) is 2.40. The zero-order chi connectivity index (χ0) is 17.3. The van der Waals surface area contributed by atoms with Crippen LogP contribution in [0.15, 0.2) is 0 Å². The molecular weight excluding hydrogens is 286 g/mol. The standard InChI is InChI=1S/C8H15NO9S/c1-3(10)9-5-7(12)6(11)4(18-8(5)13)2-17-19(14,15)16/h4-8,11-13H,2H2,1H3,(H,9,10)(H,14,15,16)/t4-,5-,6-,7-,8?/m1/s1/i1D3. The number of hydrogen-bond acceptors (Lipinski definition) is 8. The fraction of sp³-hybridized carbons (Fsp3) is 0.875. The Morgan fingerprint density at radius 3 is 2.58 bits per heavy atom. The van der Waals surface area contributed by atoms with Gasteiger partial charge in [-0.1, -0.05) is 0 Å². The highest BCUT2D eigenvalue weighted by molar-refractivity contribution is 7.80. The minimum Gasteiger partial charge on any atom is -0.388 e. The molecule has 0 radical (unpaired) electrons. The number of carbonyl (C=O) groups excluding carboxylic acids is 1. The van der Waals surface area contributed by atoms with E-state index in [1.165, 1.54) is 0 Å². The monoisotopic (exact) mass is 304 g/mol. The third kappa shape index (κ3) is 4.65. The Bertz CT molecular complexity index is 509. The van der Waals surface area contributed by atoms with E-state index in [9.17, 15) is 28.5 Å². The Balaban J connectivity index is 2.74. The molecule has 1 amide bonds. The van der Waals surface area contributed by atoms with Crippen molar-refractivity contribution < 1.29 is 46.1 Å². The van der Waals surface area contributed by atoms with Gasteiger partial charge in [0.2, 0.25) is 5.91 Å². The fourth-order valence-electron chi connectivity index (χ4n) is 1.54. The highest BCUT2D eigenvalue weighted by Gasteiger charge is 2.44. The lowest BCUT2D eigenvalue weighted by molar-refractivity contribution is -0.252. The molecule has 1 fully saturated rings. The second-order valence-corrected chi connectivity index (χ2v) is 4.85. The van der Waals surface area contributed by atoms with Gasteiger partial charge in [0.15, 0.2) is 6.29 Å². The van der Waals surface area contributed by atoms with E-state index in [0.29, 0.717) is 0 Å². The Labute approximate surface area is 113 Å². The summed E-state index contributed by atoms with van der Waals surface area (Å²) in [6, 6.07) is -1.66. The molecule has 5 N–H and O–H groups in total. The predicted molar refractivity (Wildman–Crippen MR) is 58.0 cm³/mol. The third-order valence-corrected chi connectivity index (χ3v) is 2.83. The van der Waals surface area contributed by atoms with Crippen LogP contribution in [-0.2, 0) is 24.1 Å². The molecule has 19 heavy (non-hydrogen) atoms. The first-order valence-electron chi connectivity index (χ1n) is 6.45. The van der Waals surface area contributed by atoms with Crippen molar-refractivity contribution in [1.29, 1.82) is 0 Å². The SMILES string of the molecule is [2H]C([2H])([2H])C(=O)N[C@H]1C(O)O[C@H](COS(=O)(=O)O)[C@@H](O)[C@@H]1O. The van der Waals surface area contributed by atoms with Crippen LogP contribution in [-0.4, -0.2) is 71.4 Å². The van der Waals surface area contributed by atoms with Crippen LogP contribution < -0.4 is 5.32 Å². The van der Waals surface area contributed by atoms with Crippen LogP contribution in [0.25, 0.3) is 0 Å². The van der Waals surface area contributed by atoms with Crippen LogP contribution in [0.4, 0.5) is 0 Å². The molecule has 112 valence electrons. The molecule has 1 aliphatic rings. The van der Waals surface area contributed by atoms with Gasteiger partial charge in [-0.3, -0.25) is 9.35 Å². The van der Waals surface area contributed by atoms with E-state index in [4.69, 9.17) is 13.4 Å². The summed E-state index contributed by atoms with van der Waals surface area (Å²) >= 11 is 0. The number of aliphatic hydroxyl groups excluding tert-OH is 3. The van der Waals surface area contributed by atoms with Crippen LogP contribution in [0, 0.1) is 0 Å². The number of carbonyl (C=O) groups is 1. The summed E-state index contributed by atoms with van der Waals surface area (Å²) in [5.41, 5.74) is 0. The van der Waals surface area contributed by atoms with Gasteiger partial charge in [0, 0.05) is 11.0 Å². The topological polar surface area (TPSA) is 163 Å². The van der Waals surface area contributed by atoms with E-state index in [1.807, 2.05) is 0 Å². The summed E-state index contributed by atoms with van der Waals surface area (Å²) in [7, 11) is -4.83. The van der Waals surface area contributed by atoms with Crippen LogP contribution in [0.1, 0.15) is 11.0 Å². The molecule has 0 spiro atoms. The average Bonchev–Trinajstić information content (AvgIpc) is 2.34. The number of nitrogens with one attached hydrogen (secondary N) is 1. The van der Waals surface area contributed by atoms with Crippen molar-refractivity contribution in [3.8, 4) is 0 Å². The Morgan fingerprint density at radius 1 is 1.42 bits per heavy atom. The second-order valence-electron chi connectivity index (χ2n) is 3.76. The van der Waals surface area contributed by atoms with Gasteiger partial charge in [-0.05, 0) is 0 Å². The van der Waals surface area contributed by atoms with Gasteiger partial charge in [0.25, 0.3) is 0 Å². The van der Waals surface area contributed by atoms with Crippen molar-refractivity contribution in [2.45, 2.75) is 37.5 Å². The molecule has 1 rings (SSSR count). The van der Waals surface area contributed by atoms with Gasteiger partial charge < -0.3 is 25.4 Å².